The Labute approximate surface area is 127 Å². The lowest BCUT2D eigenvalue weighted by atomic mass is 10.0. The maximum atomic E-state index is 12.7. The van der Waals surface area contributed by atoms with E-state index in [4.69, 9.17) is 0 Å². The number of fused-ring (bicyclic) bond motifs is 1. The van der Waals surface area contributed by atoms with Gasteiger partial charge in [-0.2, -0.15) is 0 Å². The fourth-order valence-electron chi connectivity index (χ4n) is 2.32. The van der Waals surface area contributed by atoms with Gasteiger partial charge in [0.15, 0.2) is 5.82 Å². The smallest absolute Gasteiger partial charge is 0.252 e. The molecule has 0 saturated carbocycles. The van der Waals surface area contributed by atoms with Gasteiger partial charge in [-0.25, -0.2) is 4.98 Å². The molecular formula is C17H15N3O2. The summed E-state index contributed by atoms with van der Waals surface area (Å²) in [6.07, 6.45) is 0. The zero-order valence-corrected chi connectivity index (χ0v) is 12.1. The number of carbonyl (C=O) groups is 2. The SMILES string of the molecule is CCNC(=O)c1ccccc1C(=O)c1nc2ccccc2[nH]1. The molecule has 0 radical (unpaired) electrons. The number of H-pyrrole nitrogens is 1. The maximum Gasteiger partial charge on any atom is 0.252 e. The molecule has 0 atom stereocenters. The molecule has 0 spiro atoms. The Morgan fingerprint density at radius 1 is 1.05 bits per heavy atom. The molecule has 22 heavy (non-hydrogen) atoms. The van der Waals surface area contributed by atoms with Crippen LogP contribution in [-0.2, 0) is 0 Å². The number of hydrogen-bond donors (Lipinski definition) is 2. The highest BCUT2D eigenvalue weighted by Crippen LogP contribution is 2.16. The third kappa shape index (κ3) is 2.48. The van der Waals surface area contributed by atoms with Gasteiger partial charge in [-0.3, -0.25) is 9.59 Å². The quantitative estimate of drug-likeness (QED) is 0.726. The normalized spacial score (nSPS) is 10.6. The molecule has 1 heterocycles. The van der Waals surface area contributed by atoms with Gasteiger partial charge in [0.1, 0.15) is 0 Å². The molecule has 0 aliphatic carbocycles. The number of rotatable bonds is 4. The number of imidazole rings is 1. The fraction of sp³-hybridized carbons (Fsp3) is 0.118. The van der Waals surface area contributed by atoms with E-state index in [-0.39, 0.29) is 17.5 Å². The zero-order chi connectivity index (χ0) is 15.5. The maximum absolute atomic E-state index is 12.7. The highest BCUT2D eigenvalue weighted by Gasteiger charge is 2.20. The molecule has 0 aliphatic rings. The standard InChI is InChI=1S/C17H15N3O2/c1-2-18-17(22)12-8-4-3-7-11(12)15(21)16-19-13-9-5-6-10-14(13)20-16/h3-10H,2H2,1H3,(H,18,22)(H,19,20). The van der Waals surface area contributed by atoms with Crippen molar-refractivity contribution in [3.63, 3.8) is 0 Å². The van der Waals surface area contributed by atoms with Crippen LogP contribution in [0.4, 0.5) is 0 Å². The molecule has 1 aromatic heterocycles. The van der Waals surface area contributed by atoms with Crippen molar-refractivity contribution in [3.05, 3.63) is 65.5 Å². The minimum atomic E-state index is -0.293. The van der Waals surface area contributed by atoms with E-state index in [1.165, 1.54) is 0 Å². The number of para-hydroxylation sites is 2. The third-order valence-corrected chi connectivity index (χ3v) is 3.36. The van der Waals surface area contributed by atoms with Crippen molar-refractivity contribution in [2.24, 2.45) is 0 Å². The number of nitrogens with zero attached hydrogens (tertiary/aromatic N) is 1. The van der Waals surface area contributed by atoms with Gasteiger partial charge < -0.3 is 10.3 Å². The second-order valence-electron chi connectivity index (χ2n) is 4.84. The minimum Gasteiger partial charge on any atom is -0.352 e. The fourth-order valence-corrected chi connectivity index (χ4v) is 2.32. The number of benzene rings is 2. The largest absolute Gasteiger partial charge is 0.352 e. The van der Waals surface area contributed by atoms with Crippen LogP contribution in [0.25, 0.3) is 11.0 Å². The molecule has 5 nitrogen and oxygen atoms in total. The lowest BCUT2D eigenvalue weighted by Gasteiger charge is -2.07. The van der Waals surface area contributed by atoms with Crippen LogP contribution in [0.5, 0.6) is 0 Å². The van der Waals surface area contributed by atoms with Gasteiger partial charge in [-0.15, -0.1) is 0 Å². The molecule has 3 aromatic rings. The van der Waals surface area contributed by atoms with Crippen LogP contribution in [0.2, 0.25) is 0 Å². The summed E-state index contributed by atoms with van der Waals surface area (Å²) in [5.74, 6) is -0.321. The summed E-state index contributed by atoms with van der Waals surface area (Å²) in [7, 11) is 0. The first kappa shape index (κ1) is 14.0. The number of amides is 1. The summed E-state index contributed by atoms with van der Waals surface area (Å²) < 4.78 is 0. The van der Waals surface area contributed by atoms with Crippen molar-refractivity contribution in [1.29, 1.82) is 0 Å². The molecule has 0 unspecified atom stereocenters. The van der Waals surface area contributed by atoms with E-state index in [0.29, 0.717) is 17.7 Å². The summed E-state index contributed by atoms with van der Waals surface area (Å²) >= 11 is 0. The number of hydrogen-bond acceptors (Lipinski definition) is 3. The molecular weight excluding hydrogens is 278 g/mol. The summed E-state index contributed by atoms with van der Waals surface area (Å²) in [5.41, 5.74) is 2.21. The number of carbonyl (C=O) groups excluding carboxylic acids is 2. The molecule has 0 fully saturated rings. The highest BCUT2D eigenvalue weighted by molar-refractivity contribution is 6.14. The average Bonchev–Trinajstić information content (AvgIpc) is 2.98. The summed E-state index contributed by atoms with van der Waals surface area (Å²) in [4.78, 5) is 32.0. The van der Waals surface area contributed by atoms with Crippen LogP contribution in [0.3, 0.4) is 0 Å². The molecule has 0 saturated heterocycles. The predicted molar refractivity (Wildman–Crippen MR) is 84.0 cm³/mol. The topological polar surface area (TPSA) is 74.8 Å². The molecule has 110 valence electrons. The van der Waals surface area contributed by atoms with Gasteiger partial charge in [0.2, 0.25) is 5.78 Å². The Balaban J connectivity index is 2.03. The Bertz CT molecular complexity index is 819. The third-order valence-electron chi connectivity index (χ3n) is 3.36. The number of ketones is 1. The molecule has 0 bridgehead atoms. The van der Waals surface area contributed by atoms with Gasteiger partial charge in [-0.05, 0) is 25.1 Å². The van der Waals surface area contributed by atoms with Gasteiger partial charge in [0, 0.05) is 12.1 Å². The molecule has 1 amide bonds. The van der Waals surface area contributed by atoms with Gasteiger partial charge in [0.25, 0.3) is 5.91 Å². The lowest BCUT2D eigenvalue weighted by molar-refractivity contribution is 0.0943. The van der Waals surface area contributed by atoms with E-state index in [0.717, 1.165) is 11.0 Å². The van der Waals surface area contributed by atoms with Gasteiger partial charge in [-0.1, -0.05) is 30.3 Å². The molecule has 2 aromatic carbocycles. The van der Waals surface area contributed by atoms with Crippen molar-refractivity contribution < 1.29 is 9.59 Å². The Kier molecular flexibility index (Phi) is 3.70. The van der Waals surface area contributed by atoms with Crippen LogP contribution in [0.15, 0.2) is 48.5 Å². The van der Waals surface area contributed by atoms with Crippen molar-refractivity contribution in [3.8, 4) is 0 Å². The summed E-state index contributed by atoms with van der Waals surface area (Å²) in [5, 5.41) is 2.71. The zero-order valence-electron chi connectivity index (χ0n) is 12.1. The van der Waals surface area contributed by atoms with Crippen molar-refractivity contribution in [1.82, 2.24) is 15.3 Å². The van der Waals surface area contributed by atoms with E-state index in [1.807, 2.05) is 31.2 Å². The second-order valence-corrected chi connectivity index (χ2v) is 4.84. The van der Waals surface area contributed by atoms with E-state index >= 15 is 0 Å². The van der Waals surface area contributed by atoms with Crippen molar-refractivity contribution in [2.45, 2.75) is 6.92 Å². The van der Waals surface area contributed by atoms with Crippen molar-refractivity contribution in [2.75, 3.05) is 6.54 Å². The second kappa shape index (κ2) is 5.81. The van der Waals surface area contributed by atoms with Gasteiger partial charge >= 0.3 is 0 Å². The van der Waals surface area contributed by atoms with E-state index in [9.17, 15) is 9.59 Å². The van der Waals surface area contributed by atoms with E-state index < -0.39 is 0 Å². The number of aromatic amines is 1. The number of nitrogens with one attached hydrogen (secondary N) is 2. The summed E-state index contributed by atoms with van der Waals surface area (Å²) in [6, 6.07) is 14.2. The minimum absolute atomic E-state index is 0.234. The first-order valence-corrected chi connectivity index (χ1v) is 7.07. The molecule has 5 heteroatoms. The number of aromatic nitrogens is 2. The summed E-state index contributed by atoms with van der Waals surface area (Å²) in [6.45, 7) is 2.34. The highest BCUT2D eigenvalue weighted by atomic mass is 16.2. The monoisotopic (exact) mass is 293 g/mol. The average molecular weight is 293 g/mol. The van der Waals surface area contributed by atoms with Crippen molar-refractivity contribution >= 4 is 22.7 Å². The predicted octanol–water partition coefficient (Wildman–Crippen LogP) is 2.54. The van der Waals surface area contributed by atoms with E-state index in [2.05, 4.69) is 15.3 Å². The lowest BCUT2D eigenvalue weighted by Crippen LogP contribution is -2.25. The van der Waals surface area contributed by atoms with Crippen LogP contribution in [-0.4, -0.2) is 28.2 Å². The van der Waals surface area contributed by atoms with Crippen LogP contribution >= 0.6 is 0 Å². The Hall–Kier alpha value is -2.95. The van der Waals surface area contributed by atoms with E-state index in [1.54, 1.807) is 24.3 Å². The molecule has 0 aliphatic heterocycles. The molecule has 3 rings (SSSR count). The first-order chi connectivity index (χ1) is 10.7. The first-order valence-electron chi connectivity index (χ1n) is 7.07. The Morgan fingerprint density at radius 3 is 2.45 bits per heavy atom. The van der Waals surface area contributed by atoms with Gasteiger partial charge in [0.05, 0.1) is 16.6 Å². The van der Waals surface area contributed by atoms with Crippen LogP contribution < -0.4 is 5.32 Å². The van der Waals surface area contributed by atoms with Crippen LogP contribution in [0.1, 0.15) is 33.5 Å². The Morgan fingerprint density at radius 2 is 1.73 bits per heavy atom. The molecule has 2 N–H and O–H groups in total. The van der Waals surface area contributed by atoms with Crippen LogP contribution in [0, 0.1) is 0 Å².